The van der Waals surface area contributed by atoms with Crippen molar-refractivity contribution < 1.29 is 4.79 Å². The first-order valence-electron chi connectivity index (χ1n) is 7.14. The summed E-state index contributed by atoms with van der Waals surface area (Å²) >= 11 is 1.70. The fourth-order valence-corrected chi connectivity index (χ4v) is 2.74. The average molecular weight is 318 g/mol. The van der Waals surface area contributed by atoms with E-state index < -0.39 is 0 Å². The van der Waals surface area contributed by atoms with E-state index in [-0.39, 0.29) is 11.3 Å². The Bertz CT molecular complexity index is 658. The summed E-state index contributed by atoms with van der Waals surface area (Å²) in [7, 11) is 3.47. The molecule has 0 fully saturated rings. The molecular formula is C16H22N4OS. The van der Waals surface area contributed by atoms with Crippen LogP contribution < -0.4 is 5.32 Å². The summed E-state index contributed by atoms with van der Waals surface area (Å²) in [4.78, 5) is 23.4. The van der Waals surface area contributed by atoms with Gasteiger partial charge < -0.3 is 10.2 Å². The van der Waals surface area contributed by atoms with Crippen LogP contribution >= 0.6 is 11.3 Å². The molecule has 0 atom stereocenters. The third kappa shape index (κ3) is 4.04. The van der Waals surface area contributed by atoms with Gasteiger partial charge in [-0.25, -0.2) is 9.97 Å². The lowest BCUT2D eigenvalue weighted by Gasteiger charge is -2.13. The van der Waals surface area contributed by atoms with E-state index in [9.17, 15) is 4.79 Å². The van der Waals surface area contributed by atoms with Crippen molar-refractivity contribution in [3.8, 4) is 0 Å². The van der Waals surface area contributed by atoms with Gasteiger partial charge in [-0.05, 0) is 12.1 Å². The average Bonchev–Trinajstić information content (AvgIpc) is 2.93. The van der Waals surface area contributed by atoms with Crippen molar-refractivity contribution in [3.05, 3.63) is 40.0 Å². The van der Waals surface area contributed by atoms with E-state index in [1.165, 1.54) is 0 Å². The Morgan fingerprint density at radius 2 is 2.05 bits per heavy atom. The molecule has 0 saturated heterocycles. The Morgan fingerprint density at radius 1 is 1.32 bits per heavy atom. The Kier molecular flexibility index (Phi) is 4.81. The molecule has 2 heterocycles. The van der Waals surface area contributed by atoms with Gasteiger partial charge in [-0.2, -0.15) is 0 Å². The number of carbonyl (C=O) groups excluding carboxylic acids is 1. The second kappa shape index (κ2) is 6.44. The van der Waals surface area contributed by atoms with Gasteiger partial charge in [0.25, 0.3) is 5.91 Å². The zero-order valence-electron chi connectivity index (χ0n) is 13.7. The molecule has 2 rings (SSSR count). The number of hydrogen-bond donors (Lipinski definition) is 1. The Balaban J connectivity index is 2.04. The number of carbonyl (C=O) groups is 1. The minimum atomic E-state index is -0.0294. The Hall–Kier alpha value is -1.95. The van der Waals surface area contributed by atoms with Gasteiger partial charge in [0.2, 0.25) is 0 Å². The third-order valence-corrected chi connectivity index (χ3v) is 4.48. The van der Waals surface area contributed by atoms with E-state index in [1.54, 1.807) is 48.7 Å². The molecule has 2 aromatic heterocycles. The van der Waals surface area contributed by atoms with E-state index in [4.69, 9.17) is 0 Å². The number of nitrogens with zero attached hydrogens (tertiary/aromatic N) is 3. The minimum Gasteiger partial charge on any atom is -0.365 e. The molecule has 0 aliphatic carbocycles. The number of hydrogen-bond acceptors (Lipinski definition) is 5. The predicted octanol–water partition coefficient (Wildman–Crippen LogP) is 3.15. The molecule has 5 nitrogen and oxygen atoms in total. The molecule has 0 unspecified atom stereocenters. The zero-order valence-corrected chi connectivity index (χ0v) is 14.5. The van der Waals surface area contributed by atoms with Gasteiger partial charge in [-0.15, -0.1) is 11.3 Å². The van der Waals surface area contributed by atoms with Crippen molar-refractivity contribution in [3.63, 3.8) is 0 Å². The largest absolute Gasteiger partial charge is 0.365 e. The van der Waals surface area contributed by atoms with Crippen molar-refractivity contribution in [2.24, 2.45) is 0 Å². The first-order chi connectivity index (χ1) is 10.3. The van der Waals surface area contributed by atoms with Gasteiger partial charge in [0.05, 0.1) is 11.6 Å². The second-order valence-electron chi connectivity index (χ2n) is 6.36. The van der Waals surface area contributed by atoms with E-state index >= 15 is 0 Å². The molecule has 6 heteroatoms. The predicted molar refractivity (Wildman–Crippen MR) is 90.4 cm³/mol. The van der Waals surface area contributed by atoms with Crippen LogP contribution in [0, 0.1) is 0 Å². The summed E-state index contributed by atoms with van der Waals surface area (Å²) in [6.45, 7) is 7.11. The van der Waals surface area contributed by atoms with Crippen LogP contribution in [0.1, 0.15) is 41.0 Å². The quantitative estimate of drug-likeness (QED) is 0.941. The van der Waals surface area contributed by atoms with Gasteiger partial charge in [0.1, 0.15) is 5.82 Å². The maximum Gasteiger partial charge on any atom is 0.253 e. The van der Waals surface area contributed by atoms with Crippen LogP contribution in [0.5, 0.6) is 0 Å². The van der Waals surface area contributed by atoms with Crippen LogP contribution in [-0.2, 0) is 12.0 Å². The first kappa shape index (κ1) is 16.4. The Morgan fingerprint density at radius 3 is 2.64 bits per heavy atom. The fraction of sp³-hybridized carbons (Fsp3) is 0.438. The van der Waals surface area contributed by atoms with Crippen LogP contribution in [0.15, 0.2) is 24.5 Å². The summed E-state index contributed by atoms with van der Waals surface area (Å²) in [6, 6.07) is 3.49. The number of rotatable bonds is 4. The molecule has 1 N–H and O–H groups in total. The summed E-state index contributed by atoms with van der Waals surface area (Å²) in [5.41, 5.74) is 0.696. The molecular weight excluding hydrogens is 296 g/mol. The zero-order chi connectivity index (χ0) is 16.3. The Labute approximate surface area is 135 Å². The summed E-state index contributed by atoms with van der Waals surface area (Å²) in [5, 5.41) is 4.37. The molecule has 0 radical (unpaired) electrons. The number of nitrogens with one attached hydrogen (secondary N) is 1. The number of amides is 1. The molecule has 22 heavy (non-hydrogen) atoms. The minimum absolute atomic E-state index is 0.0294. The molecule has 0 saturated carbocycles. The normalized spacial score (nSPS) is 11.3. The summed E-state index contributed by atoms with van der Waals surface area (Å²) < 4.78 is 0. The standard InChI is InChI=1S/C16H22N4OS/c1-16(2,3)15-19-10-12(22-15)9-18-13-8-11(6-7-17-13)14(21)20(4)5/h6-8,10H,9H2,1-5H3,(H,17,18). The number of anilines is 1. The van der Waals surface area contributed by atoms with E-state index in [0.29, 0.717) is 17.9 Å². The number of thiazole rings is 1. The lowest BCUT2D eigenvalue weighted by Crippen LogP contribution is -2.21. The van der Waals surface area contributed by atoms with Crippen LogP contribution in [0.2, 0.25) is 0 Å². The highest BCUT2D eigenvalue weighted by atomic mass is 32.1. The van der Waals surface area contributed by atoms with Crippen molar-refractivity contribution in [1.82, 2.24) is 14.9 Å². The van der Waals surface area contributed by atoms with E-state index in [0.717, 1.165) is 9.88 Å². The molecule has 0 aliphatic heterocycles. The van der Waals surface area contributed by atoms with Gasteiger partial charge in [-0.1, -0.05) is 20.8 Å². The van der Waals surface area contributed by atoms with E-state index in [2.05, 4.69) is 36.1 Å². The monoisotopic (exact) mass is 318 g/mol. The summed E-state index contributed by atoms with van der Waals surface area (Å²) in [5.74, 6) is 0.664. The van der Waals surface area contributed by atoms with Crippen molar-refractivity contribution in [1.29, 1.82) is 0 Å². The van der Waals surface area contributed by atoms with Crippen molar-refractivity contribution in [2.75, 3.05) is 19.4 Å². The van der Waals surface area contributed by atoms with Crippen LogP contribution in [0.25, 0.3) is 0 Å². The topological polar surface area (TPSA) is 58.1 Å². The third-order valence-electron chi connectivity index (χ3n) is 3.05. The maximum atomic E-state index is 11.9. The van der Waals surface area contributed by atoms with Gasteiger partial charge in [0.15, 0.2) is 0 Å². The van der Waals surface area contributed by atoms with Gasteiger partial charge >= 0.3 is 0 Å². The van der Waals surface area contributed by atoms with Crippen LogP contribution in [-0.4, -0.2) is 34.9 Å². The molecule has 0 spiro atoms. The molecule has 2 aromatic rings. The van der Waals surface area contributed by atoms with E-state index in [1.807, 2.05) is 6.20 Å². The fourth-order valence-electron chi connectivity index (χ4n) is 1.83. The lowest BCUT2D eigenvalue weighted by atomic mass is 9.98. The smallest absolute Gasteiger partial charge is 0.253 e. The molecule has 0 bridgehead atoms. The number of aromatic nitrogens is 2. The lowest BCUT2D eigenvalue weighted by molar-refractivity contribution is 0.0827. The van der Waals surface area contributed by atoms with Crippen LogP contribution in [0.4, 0.5) is 5.82 Å². The maximum absolute atomic E-state index is 11.9. The number of pyridine rings is 1. The van der Waals surface area contributed by atoms with Gasteiger partial charge in [-0.3, -0.25) is 4.79 Å². The molecule has 0 aromatic carbocycles. The second-order valence-corrected chi connectivity index (χ2v) is 7.48. The van der Waals surface area contributed by atoms with Gasteiger partial charge in [0, 0.05) is 42.3 Å². The van der Waals surface area contributed by atoms with Crippen molar-refractivity contribution in [2.45, 2.75) is 32.7 Å². The highest BCUT2D eigenvalue weighted by Gasteiger charge is 2.18. The summed E-state index contributed by atoms with van der Waals surface area (Å²) in [6.07, 6.45) is 3.54. The molecule has 118 valence electrons. The SMILES string of the molecule is CN(C)C(=O)c1ccnc(NCc2cnc(C(C)(C)C)s2)c1. The highest BCUT2D eigenvalue weighted by Crippen LogP contribution is 2.27. The molecule has 1 amide bonds. The molecule has 0 aliphatic rings. The van der Waals surface area contributed by atoms with Crippen molar-refractivity contribution >= 4 is 23.1 Å². The van der Waals surface area contributed by atoms with Crippen LogP contribution in [0.3, 0.4) is 0 Å². The highest BCUT2D eigenvalue weighted by molar-refractivity contribution is 7.11. The first-order valence-corrected chi connectivity index (χ1v) is 7.96.